The summed E-state index contributed by atoms with van der Waals surface area (Å²) in [5, 5.41) is 9.84. The molecule has 0 saturated carbocycles. The number of hydrogen-bond donors (Lipinski definition) is 2. The zero-order valence-electron chi connectivity index (χ0n) is 6.84. The summed E-state index contributed by atoms with van der Waals surface area (Å²) in [5.41, 5.74) is 0.902. The first kappa shape index (κ1) is 9.55. The van der Waals surface area contributed by atoms with Crippen molar-refractivity contribution in [2.24, 2.45) is 0 Å². The summed E-state index contributed by atoms with van der Waals surface area (Å²) in [4.78, 5) is 13.7. The van der Waals surface area contributed by atoms with Crippen molar-refractivity contribution in [2.75, 3.05) is 0 Å². The Labute approximate surface area is 92.8 Å². The van der Waals surface area contributed by atoms with Crippen molar-refractivity contribution in [1.29, 1.82) is 0 Å². The van der Waals surface area contributed by atoms with Crippen molar-refractivity contribution in [2.45, 2.75) is 0 Å². The predicted molar refractivity (Wildman–Crippen MR) is 58.0 cm³/mol. The number of rotatable bonds is 1. The molecule has 0 unspecified atom stereocenters. The number of aromatic nitrogens is 1. The van der Waals surface area contributed by atoms with Gasteiger partial charge in [-0.25, -0.2) is 4.79 Å². The minimum atomic E-state index is -0.986. The van der Waals surface area contributed by atoms with Crippen LogP contribution in [0.2, 0.25) is 5.02 Å². The Morgan fingerprint density at radius 1 is 1.50 bits per heavy atom. The zero-order chi connectivity index (χ0) is 10.3. The lowest BCUT2D eigenvalue weighted by Gasteiger charge is -1.97. The van der Waals surface area contributed by atoms with Crippen LogP contribution in [0.4, 0.5) is 0 Å². The molecule has 0 bridgehead atoms. The van der Waals surface area contributed by atoms with Gasteiger partial charge in [0, 0.05) is 21.6 Å². The van der Waals surface area contributed by atoms with Gasteiger partial charge in [0.15, 0.2) is 0 Å². The second-order valence-corrected chi connectivity index (χ2v) is 4.14. The van der Waals surface area contributed by atoms with Crippen LogP contribution in [0.3, 0.4) is 0 Å². The first-order valence-corrected chi connectivity index (χ1v) is 4.96. The normalized spacial score (nSPS) is 10.7. The lowest BCUT2D eigenvalue weighted by atomic mass is 10.2. The molecule has 0 atom stereocenters. The topological polar surface area (TPSA) is 53.1 Å². The number of aromatic amines is 1. The number of hydrogen-bond acceptors (Lipinski definition) is 1. The summed E-state index contributed by atoms with van der Waals surface area (Å²) < 4.78 is 0.814. The third-order valence-corrected chi connectivity index (χ3v) is 2.68. The molecule has 2 rings (SSSR count). The van der Waals surface area contributed by atoms with Crippen molar-refractivity contribution in [3.05, 3.63) is 33.4 Å². The van der Waals surface area contributed by atoms with E-state index in [4.69, 9.17) is 16.7 Å². The molecule has 2 N–H and O–H groups in total. The fraction of sp³-hybridized carbons (Fsp3) is 0. The molecule has 0 spiro atoms. The summed E-state index contributed by atoms with van der Waals surface area (Å²) in [6.45, 7) is 0. The number of H-pyrrole nitrogens is 1. The monoisotopic (exact) mass is 273 g/mol. The summed E-state index contributed by atoms with van der Waals surface area (Å²) in [6.07, 6.45) is 1.44. The second-order valence-electron chi connectivity index (χ2n) is 2.82. The predicted octanol–water partition coefficient (Wildman–Crippen LogP) is 3.28. The largest absolute Gasteiger partial charge is 0.478 e. The summed E-state index contributed by atoms with van der Waals surface area (Å²) in [7, 11) is 0. The van der Waals surface area contributed by atoms with Crippen LogP contribution in [-0.4, -0.2) is 16.1 Å². The molecular formula is C9H5BrClNO2. The molecule has 1 aromatic carbocycles. The van der Waals surface area contributed by atoms with Gasteiger partial charge in [0.05, 0.1) is 10.6 Å². The smallest absolute Gasteiger partial charge is 0.337 e. The Bertz CT molecular complexity index is 521. The molecule has 1 heterocycles. The van der Waals surface area contributed by atoms with Crippen LogP contribution >= 0.6 is 27.5 Å². The molecule has 0 amide bonds. The van der Waals surface area contributed by atoms with Crippen molar-refractivity contribution in [3.8, 4) is 0 Å². The van der Waals surface area contributed by atoms with Gasteiger partial charge in [-0.2, -0.15) is 0 Å². The molecular weight excluding hydrogens is 269 g/mol. The Morgan fingerprint density at radius 2 is 2.21 bits per heavy atom. The van der Waals surface area contributed by atoms with E-state index in [1.807, 2.05) is 0 Å². The summed E-state index contributed by atoms with van der Waals surface area (Å²) >= 11 is 9.22. The lowest BCUT2D eigenvalue weighted by Crippen LogP contribution is -1.93. The van der Waals surface area contributed by atoms with Gasteiger partial charge >= 0.3 is 5.97 Å². The number of carboxylic acid groups (broad SMARTS) is 1. The van der Waals surface area contributed by atoms with Crippen LogP contribution in [-0.2, 0) is 0 Å². The molecule has 0 aliphatic heterocycles. The molecule has 14 heavy (non-hydrogen) atoms. The molecule has 3 nitrogen and oxygen atoms in total. The van der Waals surface area contributed by atoms with E-state index in [9.17, 15) is 4.79 Å². The van der Waals surface area contributed by atoms with E-state index in [1.165, 1.54) is 6.20 Å². The standard InChI is InChI=1S/C9H5BrClNO2/c10-4-1-6(11)8-5(9(13)14)3-12-7(8)2-4/h1-3,12H,(H,13,14). The Balaban J connectivity index is 2.85. The highest BCUT2D eigenvalue weighted by Gasteiger charge is 2.13. The van der Waals surface area contributed by atoms with E-state index < -0.39 is 5.97 Å². The lowest BCUT2D eigenvalue weighted by molar-refractivity contribution is 0.0699. The van der Waals surface area contributed by atoms with Crippen LogP contribution < -0.4 is 0 Å². The van der Waals surface area contributed by atoms with Gasteiger partial charge in [0.1, 0.15) is 0 Å². The third-order valence-electron chi connectivity index (χ3n) is 1.93. The van der Waals surface area contributed by atoms with Crippen LogP contribution in [0.15, 0.2) is 22.8 Å². The molecule has 0 saturated heterocycles. The highest BCUT2D eigenvalue weighted by molar-refractivity contribution is 9.10. The molecule has 1 aromatic heterocycles. The molecule has 0 radical (unpaired) electrons. The van der Waals surface area contributed by atoms with E-state index in [0.29, 0.717) is 15.9 Å². The van der Waals surface area contributed by atoms with Gasteiger partial charge in [0.25, 0.3) is 0 Å². The van der Waals surface area contributed by atoms with E-state index in [0.717, 1.165) is 4.47 Å². The van der Waals surface area contributed by atoms with E-state index >= 15 is 0 Å². The fourth-order valence-electron chi connectivity index (χ4n) is 1.35. The van der Waals surface area contributed by atoms with Crippen molar-refractivity contribution in [3.63, 3.8) is 0 Å². The highest BCUT2D eigenvalue weighted by Crippen LogP contribution is 2.30. The van der Waals surface area contributed by atoms with Gasteiger partial charge in [0.2, 0.25) is 0 Å². The number of nitrogens with one attached hydrogen (secondary N) is 1. The maximum atomic E-state index is 10.8. The van der Waals surface area contributed by atoms with Gasteiger partial charge in [-0.3, -0.25) is 0 Å². The quantitative estimate of drug-likeness (QED) is 0.838. The minimum Gasteiger partial charge on any atom is -0.478 e. The molecule has 0 fully saturated rings. The van der Waals surface area contributed by atoms with E-state index in [1.54, 1.807) is 12.1 Å². The SMILES string of the molecule is O=C(O)c1c[nH]c2cc(Br)cc(Cl)c12. The van der Waals surface area contributed by atoms with Gasteiger partial charge < -0.3 is 10.1 Å². The van der Waals surface area contributed by atoms with Crippen molar-refractivity contribution >= 4 is 44.4 Å². The third kappa shape index (κ3) is 1.40. The maximum Gasteiger partial charge on any atom is 0.337 e. The van der Waals surface area contributed by atoms with Crippen molar-refractivity contribution < 1.29 is 9.90 Å². The van der Waals surface area contributed by atoms with Crippen LogP contribution in [0.1, 0.15) is 10.4 Å². The maximum absolute atomic E-state index is 10.8. The number of aromatic carboxylic acids is 1. The van der Waals surface area contributed by atoms with Gasteiger partial charge in [-0.1, -0.05) is 27.5 Å². The average molecular weight is 275 g/mol. The number of carboxylic acids is 1. The zero-order valence-corrected chi connectivity index (χ0v) is 9.19. The number of carbonyl (C=O) groups is 1. The molecule has 72 valence electrons. The van der Waals surface area contributed by atoms with E-state index in [2.05, 4.69) is 20.9 Å². The Kier molecular flexibility index (Phi) is 2.25. The Hall–Kier alpha value is -1.000. The first-order chi connectivity index (χ1) is 6.59. The average Bonchev–Trinajstić information content (AvgIpc) is 2.47. The highest BCUT2D eigenvalue weighted by atomic mass is 79.9. The minimum absolute atomic E-state index is 0.192. The van der Waals surface area contributed by atoms with Crippen LogP contribution in [0, 0.1) is 0 Å². The van der Waals surface area contributed by atoms with Gasteiger partial charge in [-0.05, 0) is 12.1 Å². The van der Waals surface area contributed by atoms with Crippen LogP contribution in [0.25, 0.3) is 10.9 Å². The van der Waals surface area contributed by atoms with Gasteiger partial charge in [-0.15, -0.1) is 0 Å². The number of fused-ring (bicyclic) bond motifs is 1. The summed E-state index contributed by atoms with van der Waals surface area (Å²) in [6, 6.07) is 3.46. The first-order valence-electron chi connectivity index (χ1n) is 3.79. The van der Waals surface area contributed by atoms with Crippen LogP contribution in [0.5, 0.6) is 0 Å². The molecule has 0 aliphatic rings. The second kappa shape index (κ2) is 3.29. The molecule has 5 heteroatoms. The van der Waals surface area contributed by atoms with E-state index in [-0.39, 0.29) is 5.56 Å². The van der Waals surface area contributed by atoms with Crippen molar-refractivity contribution in [1.82, 2.24) is 4.98 Å². The summed E-state index contributed by atoms with van der Waals surface area (Å²) in [5.74, 6) is -0.986. The molecule has 0 aliphatic carbocycles. The number of halogens is 2. The number of benzene rings is 1. The molecule has 2 aromatic rings. The fourth-order valence-corrected chi connectivity index (χ4v) is 2.26. The Morgan fingerprint density at radius 3 is 2.86 bits per heavy atom.